The number of esters is 2. The molecular formula is C102H155N5O37. The van der Waals surface area contributed by atoms with Gasteiger partial charge in [-0.15, -0.1) is 0 Å². The Morgan fingerprint density at radius 3 is 1.25 bits per heavy atom. The van der Waals surface area contributed by atoms with E-state index in [-0.39, 0.29) is 76.4 Å². The molecule has 0 aromatic carbocycles. The van der Waals surface area contributed by atoms with Crippen molar-refractivity contribution in [3.63, 3.8) is 0 Å². The zero-order chi connectivity index (χ0) is 107. The SMILES string of the molecule is C=CCOC(=O)N[C@@H]1[C@H](O)[C@H](O[C@H]2/C=C/C=C/C=C/C=C/C=C/C=C/C=C/[C@H](C)[C@@H](O)[C@@H](C)[C@H](C)OC(=O)C[C@H](O)C[C@H](O)CC[C@@H](O)[C@H](O)C[C@H](O)C[C@]3(O)C[C@H](OC(=O)OCC=C)[C@@H](N=C=O)[C@H](C2)O3)O[C@H](C)[C@H]1O.C[C@@H]1[C@H](O)[C@@H](C)/C=C/C=C/C=C/C=C/C=C/C=C/C=C/[C@H](O[C@@H]2O[C@H](C)[C@@H](O)[C@H](N)[C@@H]2O)C[C@@H]2O[C@](O)(C[C@@H](O)C[C@@H](O)[C@H](O)CC[C@@H](O)C[C@@H](O)CC(=O)O[C@H]1C)C[C@H](O)[C@H]2NC(=O)NO. The van der Waals surface area contributed by atoms with Crippen LogP contribution in [0.1, 0.15) is 158 Å². The zero-order valence-electron chi connectivity index (χ0n) is 82.7. The van der Waals surface area contributed by atoms with Gasteiger partial charge in [0.15, 0.2) is 24.2 Å². The summed E-state index contributed by atoms with van der Waals surface area (Å²) in [6, 6.07) is -6.35. The van der Waals surface area contributed by atoms with E-state index in [2.05, 4.69) is 28.8 Å². The van der Waals surface area contributed by atoms with Gasteiger partial charge < -0.3 is 165 Å². The summed E-state index contributed by atoms with van der Waals surface area (Å²) < 4.78 is 62.8. The van der Waals surface area contributed by atoms with Crippen molar-refractivity contribution in [3.05, 3.63) is 195 Å². The van der Waals surface area contributed by atoms with Gasteiger partial charge in [-0.1, -0.05) is 223 Å². The maximum absolute atomic E-state index is 12.9. The number of carbonyl (C=O) groups is 5. The first kappa shape index (κ1) is 125. The summed E-state index contributed by atoms with van der Waals surface area (Å²) in [5.74, 6) is -7.72. The Morgan fingerprint density at radius 1 is 0.438 bits per heavy atom. The predicted molar refractivity (Wildman–Crippen MR) is 522 cm³/mol. The molecule has 4 bridgehead atoms. The van der Waals surface area contributed by atoms with Crippen molar-refractivity contribution in [1.29, 1.82) is 0 Å². The van der Waals surface area contributed by atoms with Crippen LogP contribution in [0.2, 0.25) is 0 Å². The lowest BCUT2D eigenvalue weighted by Gasteiger charge is -2.46. The average molecular weight is 2040 g/mol. The normalized spacial score (nSPS) is 41.9. The highest BCUT2D eigenvalue weighted by Crippen LogP contribution is 2.40. The molecule has 0 saturated carbocycles. The van der Waals surface area contributed by atoms with Gasteiger partial charge in [0.2, 0.25) is 6.08 Å². The topological polar surface area (TPSA) is 683 Å². The fraction of sp³-hybridized carbons (Fsp3) is 0.627. The van der Waals surface area contributed by atoms with Crippen molar-refractivity contribution in [2.75, 3.05) is 13.2 Å². The predicted octanol–water partition coefficient (Wildman–Crippen LogP) is 3.08. The monoisotopic (exact) mass is 2040 g/mol. The number of carbonyl (C=O) groups excluding carboxylic acids is 6. The highest BCUT2D eigenvalue weighted by atomic mass is 16.7. The first-order valence-electron chi connectivity index (χ1n) is 48.5. The maximum Gasteiger partial charge on any atom is 0.508 e. The Labute approximate surface area is 839 Å². The second kappa shape index (κ2) is 65.6. The summed E-state index contributed by atoms with van der Waals surface area (Å²) in [5, 5.41) is 223. The number of nitrogens with one attached hydrogen (secondary N) is 3. The van der Waals surface area contributed by atoms with E-state index in [4.69, 9.17) is 57.8 Å². The number of ether oxygens (including phenoxy) is 11. The number of aliphatic hydroxyl groups excluding tert-OH is 17. The van der Waals surface area contributed by atoms with Gasteiger partial charge in [0, 0.05) is 75.0 Å². The molecule has 6 aliphatic heterocycles. The zero-order valence-corrected chi connectivity index (χ0v) is 82.7. The fourth-order valence-corrected chi connectivity index (χ4v) is 16.7. The van der Waals surface area contributed by atoms with E-state index >= 15 is 0 Å². The highest BCUT2D eigenvalue weighted by Gasteiger charge is 2.54. The molecule has 6 rings (SSSR count). The van der Waals surface area contributed by atoms with Crippen molar-refractivity contribution >= 4 is 36.3 Å². The molecule has 0 spiro atoms. The number of nitrogens with two attached hydrogens (primary N) is 1. The average Bonchev–Trinajstić information content (AvgIpc) is 0.772. The fourth-order valence-electron chi connectivity index (χ4n) is 16.7. The highest BCUT2D eigenvalue weighted by molar-refractivity contribution is 5.73. The number of hydrogen-bond acceptors (Lipinski definition) is 39. The van der Waals surface area contributed by atoms with E-state index in [0.717, 1.165) is 0 Å². The lowest BCUT2D eigenvalue weighted by atomic mass is 9.87. The van der Waals surface area contributed by atoms with Crippen molar-refractivity contribution in [2.24, 2.45) is 34.4 Å². The molecule has 0 unspecified atom stereocenters. The van der Waals surface area contributed by atoms with Gasteiger partial charge in [-0.3, -0.25) is 14.8 Å². The van der Waals surface area contributed by atoms with Crippen LogP contribution in [0.3, 0.4) is 0 Å². The van der Waals surface area contributed by atoms with Gasteiger partial charge in [0.1, 0.15) is 55.9 Å². The third kappa shape index (κ3) is 45.3. The van der Waals surface area contributed by atoms with Crippen LogP contribution in [0.4, 0.5) is 14.4 Å². The first-order chi connectivity index (χ1) is 68.2. The molecule has 0 radical (unpaired) electrons. The Hall–Kier alpha value is -9.11. The number of allylic oxidation sites excluding steroid dienone is 24. The number of nitrogens with zero attached hydrogens (tertiary/aromatic N) is 1. The van der Waals surface area contributed by atoms with E-state index < -0.39 is 300 Å². The lowest BCUT2D eigenvalue weighted by Crippen LogP contribution is -2.64. The van der Waals surface area contributed by atoms with Gasteiger partial charge in [-0.25, -0.2) is 24.7 Å². The summed E-state index contributed by atoms with van der Waals surface area (Å²) in [6.45, 7) is 19.9. The number of cyclic esters (lactones) is 2. The summed E-state index contributed by atoms with van der Waals surface area (Å²) in [4.78, 5) is 78.9. The van der Waals surface area contributed by atoms with E-state index in [0.29, 0.717) is 0 Å². The van der Waals surface area contributed by atoms with Gasteiger partial charge >= 0.3 is 30.2 Å². The van der Waals surface area contributed by atoms with Crippen LogP contribution in [-0.2, 0) is 66.5 Å². The number of urea groups is 1. The Morgan fingerprint density at radius 2 is 0.826 bits per heavy atom. The quantitative estimate of drug-likeness (QED) is 0.0254. The third-order valence-electron chi connectivity index (χ3n) is 25.1. The van der Waals surface area contributed by atoms with Crippen LogP contribution < -0.4 is 21.8 Å². The minimum absolute atomic E-state index is 0.108. The molecule has 6 heterocycles. The molecule has 4 fully saturated rings. The second-order valence-electron chi connectivity index (χ2n) is 37.1. The van der Waals surface area contributed by atoms with E-state index in [1.807, 2.05) is 38.2 Å². The molecule has 42 nitrogen and oxygen atoms in total. The molecule has 6 aliphatic rings. The van der Waals surface area contributed by atoms with Crippen molar-refractivity contribution < 1.29 is 183 Å². The largest absolute Gasteiger partial charge is 0.508 e. The molecule has 0 aromatic rings. The van der Waals surface area contributed by atoms with Gasteiger partial charge in [-0.05, 0) is 66.2 Å². The molecule has 0 aromatic heterocycles. The summed E-state index contributed by atoms with van der Waals surface area (Å²) in [5.41, 5.74) is 7.46. The van der Waals surface area contributed by atoms with Gasteiger partial charge in [-0.2, -0.15) is 4.99 Å². The van der Waals surface area contributed by atoms with E-state index in [9.17, 15) is 131 Å². The summed E-state index contributed by atoms with van der Waals surface area (Å²) in [7, 11) is 0. The summed E-state index contributed by atoms with van der Waals surface area (Å²) >= 11 is 0. The smallest absolute Gasteiger partial charge is 0.462 e. The molecular weight excluding hydrogens is 1890 g/mol. The van der Waals surface area contributed by atoms with E-state index in [1.165, 1.54) is 43.6 Å². The molecule has 25 N–H and O–H groups in total. The van der Waals surface area contributed by atoms with Crippen LogP contribution in [0.15, 0.2) is 200 Å². The molecule has 810 valence electrons. The molecule has 0 aliphatic carbocycles. The number of hydrogen-bond donors (Lipinski definition) is 24. The molecule has 4 saturated heterocycles. The van der Waals surface area contributed by atoms with Crippen molar-refractivity contribution in [1.82, 2.24) is 16.1 Å². The minimum Gasteiger partial charge on any atom is -0.462 e. The van der Waals surface area contributed by atoms with Gasteiger partial charge in [0.05, 0.1) is 153 Å². The maximum atomic E-state index is 12.9. The minimum atomic E-state index is -2.42. The van der Waals surface area contributed by atoms with Crippen molar-refractivity contribution in [3.8, 4) is 0 Å². The lowest BCUT2D eigenvalue weighted by molar-refractivity contribution is -0.303. The molecule has 38 atom stereocenters. The van der Waals surface area contributed by atoms with E-state index in [1.54, 1.807) is 167 Å². The number of alkyl carbamates (subject to hydrolysis) is 1. The Balaban J connectivity index is 0.000000512. The van der Waals surface area contributed by atoms with Crippen LogP contribution in [-0.4, -0.2) is 359 Å². The Bertz CT molecular complexity index is 4340. The number of hydroxylamine groups is 1. The second-order valence-corrected chi connectivity index (χ2v) is 37.1. The van der Waals surface area contributed by atoms with Gasteiger partial charge in [0.25, 0.3) is 0 Å². The number of amides is 3. The molecule has 42 heteroatoms. The summed E-state index contributed by atoms with van der Waals surface area (Å²) in [6.07, 6.45) is 7.73. The number of isocyanates is 1. The molecule has 144 heavy (non-hydrogen) atoms. The Kier molecular flexibility index (Phi) is 57.1. The third-order valence-corrected chi connectivity index (χ3v) is 25.1. The molecule has 3 amide bonds. The first-order valence-corrected chi connectivity index (χ1v) is 48.5. The number of aliphatic imine (C=N–C) groups is 1. The van der Waals surface area contributed by atoms with Crippen molar-refractivity contribution in [2.45, 2.75) is 365 Å². The van der Waals surface area contributed by atoms with Crippen LogP contribution in [0, 0.1) is 23.7 Å². The number of aliphatic hydroxyl groups is 19. The standard InChI is InChI=1S/C55H80N2O20.C47H75N3O17/c1-7-25-71-53(68)57-48-50(66)37(6)74-52(51(48)67)75-41-22-20-18-16-14-12-10-9-11-13-15-17-19-21-34(3)49(65)35(4)36(5)73-46(64)29-39(60)27-38(59)23-24-42(62)43(63)28-40(61)31-55(70)32-45(76-54(69)72-26-8-2)47(56-33-58)44(30-41)77-55;1-27-17-15-13-11-9-7-5-6-8-10-12-14-16-18-34(66-45-44(60)40(48)43(59)30(4)65-45)24-38-41(49-46(61)50-63)37(56)26-47(62,67-38)25-33(53)22-36(55)35(54)20-19-31(51)21-32(52)23-39(57)64-29(3)28(2)42(27)58/h7-22,34-45,47-52,59-63,65-67,70H,1-2,23-32H2,3-6H3,(H,57,68);5-18,27-38,40-45,51-56,58-60,62-63H,19-26,48H2,1-4H3,(H2,49,50,61)/b10-9+,13-11+,14-12+,17-15+,18-16+,21-19+,22-20+;6-5+,9-7+,10-8+,13-11+,14-12+,17-15+,18-16+/t34-,35-,36-,37+,38+,39+,40-,41-,42+,43+,44-,45-,47-,48-,49+,50+,51-,52-,55+;27-,28-,29-,30+,31+,32+,33-,34-,35+,36+,37-,38-,40-,41+,42+,43+,44-,45-,47+/m00/s1. The van der Waals surface area contributed by atoms with Crippen LogP contribution >= 0.6 is 0 Å². The number of fused-ring (bicyclic) bond motifs is 4. The number of rotatable bonds is 12. The van der Waals surface area contributed by atoms with Crippen LogP contribution in [0.5, 0.6) is 0 Å². The van der Waals surface area contributed by atoms with Crippen LogP contribution in [0.25, 0.3) is 0 Å².